The van der Waals surface area contributed by atoms with Crippen LogP contribution in [-0.2, 0) is 17.8 Å². The lowest BCUT2D eigenvalue weighted by Gasteiger charge is -2.17. The van der Waals surface area contributed by atoms with E-state index in [1.165, 1.54) is 6.08 Å². The Bertz CT molecular complexity index is 1280. The van der Waals surface area contributed by atoms with E-state index in [1.807, 2.05) is 37.3 Å². The summed E-state index contributed by atoms with van der Waals surface area (Å²) >= 11 is 12.2. The molecule has 0 aliphatic carbocycles. The molecule has 0 bridgehead atoms. The zero-order valence-electron chi connectivity index (χ0n) is 19.2. The second-order valence-corrected chi connectivity index (χ2v) is 8.29. The minimum Gasteiger partial charge on any atom is -0.490 e. The van der Waals surface area contributed by atoms with E-state index in [0.29, 0.717) is 45.8 Å². The summed E-state index contributed by atoms with van der Waals surface area (Å²) in [6, 6.07) is 19.6. The number of hydrogen-bond donors (Lipinski definition) is 1. The minimum atomic E-state index is -0.530. The number of nitriles is 1. The van der Waals surface area contributed by atoms with Gasteiger partial charge in [0, 0.05) is 26.9 Å². The Balaban J connectivity index is 1.93. The Labute approximate surface area is 215 Å². The highest BCUT2D eigenvalue weighted by atomic mass is 35.5. The van der Waals surface area contributed by atoms with Crippen molar-refractivity contribution in [1.82, 2.24) is 0 Å². The van der Waals surface area contributed by atoms with Gasteiger partial charge in [-0.3, -0.25) is 4.79 Å². The van der Waals surface area contributed by atoms with Crippen molar-refractivity contribution >= 4 is 40.9 Å². The maximum atomic E-state index is 12.7. The van der Waals surface area contributed by atoms with Crippen LogP contribution in [0.25, 0.3) is 6.08 Å². The van der Waals surface area contributed by atoms with Crippen molar-refractivity contribution in [3.63, 3.8) is 0 Å². The minimum absolute atomic E-state index is 0.0586. The third kappa shape index (κ3) is 7.13. The zero-order chi connectivity index (χ0) is 25.2. The van der Waals surface area contributed by atoms with Crippen molar-refractivity contribution < 1.29 is 14.3 Å². The molecule has 0 saturated heterocycles. The lowest BCUT2D eigenvalue weighted by Crippen LogP contribution is -2.13. The van der Waals surface area contributed by atoms with E-state index in [1.54, 1.807) is 42.5 Å². The standard InChI is InChI=1S/C28H24Cl2N2O3/c1-3-7-20-14-19(15-22(17-31)28(33)32-24-12-10-23(29)11-13-24)16-26(34-4-2)27(20)35-18-21-8-5-6-9-25(21)30/h3,5-6,8-16H,1,4,7,18H2,2H3,(H,32,33)/b22-15+. The number of rotatable bonds is 10. The molecule has 0 unspecified atom stereocenters. The molecule has 1 amide bonds. The van der Waals surface area contributed by atoms with Gasteiger partial charge in [0.05, 0.1) is 6.61 Å². The van der Waals surface area contributed by atoms with Gasteiger partial charge in [-0.1, -0.05) is 47.5 Å². The maximum Gasteiger partial charge on any atom is 0.266 e. The number of nitrogens with one attached hydrogen (secondary N) is 1. The summed E-state index contributed by atoms with van der Waals surface area (Å²) < 4.78 is 12.0. The molecular formula is C28H24Cl2N2O3. The second-order valence-electron chi connectivity index (χ2n) is 7.44. The Morgan fingerprint density at radius 3 is 2.49 bits per heavy atom. The molecule has 0 aliphatic rings. The van der Waals surface area contributed by atoms with Crippen molar-refractivity contribution in [3.8, 4) is 17.6 Å². The predicted octanol–water partition coefficient (Wildman–Crippen LogP) is 7.25. The van der Waals surface area contributed by atoms with Crippen LogP contribution in [0.3, 0.4) is 0 Å². The van der Waals surface area contributed by atoms with E-state index in [0.717, 1.165) is 11.1 Å². The zero-order valence-corrected chi connectivity index (χ0v) is 20.7. The monoisotopic (exact) mass is 506 g/mol. The molecule has 0 atom stereocenters. The largest absolute Gasteiger partial charge is 0.490 e. The van der Waals surface area contributed by atoms with E-state index >= 15 is 0 Å². The molecule has 7 heteroatoms. The van der Waals surface area contributed by atoms with Crippen LogP contribution >= 0.6 is 23.2 Å². The van der Waals surface area contributed by atoms with Crippen LogP contribution in [0.2, 0.25) is 10.0 Å². The third-order valence-corrected chi connectivity index (χ3v) is 5.55. The van der Waals surface area contributed by atoms with E-state index in [-0.39, 0.29) is 12.2 Å². The number of ether oxygens (including phenoxy) is 2. The molecule has 0 saturated carbocycles. The van der Waals surface area contributed by atoms with Gasteiger partial charge in [-0.15, -0.1) is 6.58 Å². The first-order valence-corrected chi connectivity index (χ1v) is 11.7. The van der Waals surface area contributed by atoms with Crippen LogP contribution in [-0.4, -0.2) is 12.5 Å². The fourth-order valence-corrected chi connectivity index (χ4v) is 3.63. The molecule has 3 rings (SSSR count). The number of nitrogens with zero attached hydrogens (tertiary/aromatic N) is 1. The summed E-state index contributed by atoms with van der Waals surface area (Å²) in [6.45, 7) is 6.37. The topological polar surface area (TPSA) is 71.4 Å². The van der Waals surface area contributed by atoms with Crippen molar-refractivity contribution in [1.29, 1.82) is 5.26 Å². The number of halogens is 2. The summed E-state index contributed by atoms with van der Waals surface area (Å²) in [5.41, 5.74) is 2.75. The maximum absolute atomic E-state index is 12.7. The highest BCUT2D eigenvalue weighted by Gasteiger charge is 2.16. The molecule has 0 spiro atoms. The summed E-state index contributed by atoms with van der Waals surface area (Å²) in [7, 11) is 0. The van der Waals surface area contributed by atoms with Crippen LogP contribution in [0, 0.1) is 11.3 Å². The fourth-order valence-electron chi connectivity index (χ4n) is 3.31. The Morgan fingerprint density at radius 1 is 1.09 bits per heavy atom. The van der Waals surface area contributed by atoms with Gasteiger partial charge in [0.15, 0.2) is 11.5 Å². The van der Waals surface area contributed by atoms with Crippen LogP contribution in [0.5, 0.6) is 11.5 Å². The van der Waals surface area contributed by atoms with Crippen molar-refractivity contribution in [2.24, 2.45) is 0 Å². The first kappa shape index (κ1) is 25.9. The van der Waals surface area contributed by atoms with Crippen LogP contribution in [0.15, 0.2) is 78.9 Å². The fraction of sp³-hybridized carbons (Fsp3) is 0.143. The van der Waals surface area contributed by atoms with Gasteiger partial charge < -0.3 is 14.8 Å². The summed E-state index contributed by atoms with van der Waals surface area (Å²) in [5.74, 6) is 0.533. The number of allylic oxidation sites excluding steroid dienone is 1. The number of carbonyl (C=O) groups excluding carboxylic acids is 1. The van der Waals surface area contributed by atoms with Crippen LogP contribution in [0.1, 0.15) is 23.6 Å². The molecule has 35 heavy (non-hydrogen) atoms. The third-order valence-electron chi connectivity index (χ3n) is 4.93. The van der Waals surface area contributed by atoms with E-state index in [2.05, 4.69) is 11.9 Å². The summed E-state index contributed by atoms with van der Waals surface area (Å²) in [4.78, 5) is 12.7. The number of benzene rings is 3. The molecule has 0 heterocycles. The molecular weight excluding hydrogens is 483 g/mol. The van der Waals surface area contributed by atoms with Crippen molar-refractivity contribution in [2.45, 2.75) is 20.0 Å². The molecule has 1 N–H and O–H groups in total. The predicted molar refractivity (Wildman–Crippen MR) is 141 cm³/mol. The lowest BCUT2D eigenvalue weighted by molar-refractivity contribution is -0.112. The Hall–Kier alpha value is -3.72. The smallest absolute Gasteiger partial charge is 0.266 e. The number of hydrogen-bond acceptors (Lipinski definition) is 4. The SMILES string of the molecule is C=CCc1cc(/C=C(\C#N)C(=O)Nc2ccc(Cl)cc2)cc(OCC)c1OCc1ccccc1Cl. The van der Waals surface area contributed by atoms with Gasteiger partial charge in [0.2, 0.25) is 0 Å². The van der Waals surface area contributed by atoms with Crippen LogP contribution in [0.4, 0.5) is 5.69 Å². The lowest BCUT2D eigenvalue weighted by atomic mass is 10.0. The van der Waals surface area contributed by atoms with Gasteiger partial charge in [0.1, 0.15) is 18.2 Å². The number of amides is 1. The molecule has 0 fully saturated rings. The van der Waals surface area contributed by atoms with Gasteiger partial charge >= 0.3 is 0 Å². The molecule has 0 radical (unpaired) electrons. The highest BCUT2D eigenvalue weighted by molar-refractivity contribution is 6.31. The van der Waals surface area contributed by atoms with Crippen LogP contribution < -0.4 is 14.8 Å². The molecule has 5 nitrogen and oxygen atoms in total. The van der Waals surface area contributed by atoms with E-state index in [9.17, 15) is 10.1 Å². The Morgan fingerprint density at radius 2 is 1.83 bits per heavy atom. The second kappa shape index (κ2) is 12.7. The molecule has 3 aromatic carbocycles. The highest BCUT2D eigenvalue weighted by Crippen LogP contribution is 2.36. The van der Waals surface area contributed by atoms with Crippen molar-refractivity contribution in [2.75, 3.05) is 11.9 Å². The summed E-state index contributed by atoms with van der Waals surface area (Å²) in [6.07, 6.45) is 3.76. The number of anilines is 1. The molecule has 3 aromatic rings. The van der Waals surface area contributed by atoms with Gasteiger partial charge in [-0.05, 0) is 67.4 Å². The van der Waals surface area contributed by atoms with Gasteiger partial charge in [-0.25, -0.2) is 0 Å². The first-order chi connectivity index (χ1) is 16.9. The quantitative estimate of drug-likeness (QED) is 0.178. The molecule has 0 aliphatic heterocycles. The molecule has 178 valence electrons. The normalized spacial score (nSPS) is 10.9. The average molecular weight is 507 g/mol. The van der Waals surface area contributed by atoms with Gasteiger partial charge in [-0.2, -0.15) is 5.26 Å². The molecule has 0 aromatic heterocycles. The van der Waals surface area contributed by atoms with Gasteiger partial charge in [0.25, 0.3) is 5.91 Å². The van der Waals surface area contributed by atoms with E-state index < -0.39 is 5.91 Å². The Kier molecular flexibility index (Phi) is 9.37. The number of carbonyl (C=O) groups is 1. The summed E-state index contributed by atoms with van der Waals surface area (Å²) in [5, 5.41) is 13.5. The average Bonchev–Trinajstić information content (AvgIpc) is 2.84. The first-order valence-electron chi connectivity index (χ1n) is 10.9. The van der Waals surface area contributed by atoms with Crippen molar-refractivity contribution in [3.05, 3.63) is 106 Å². The van der Waals surface area contributed by atoms with E-state index in [4.69, 9.17) is 32.7 Å².